The summed E-state index contributed by atoms with van der Waals surface area (Å²) in [6, 6.07) is 18.6. The predicted octanol–water partition coefficient (Wildman–Crippen LogP) is 2.35. The quantitative estimate of drug-likeness (QED) is 0.730. The number of carbonyl (C=O) groups is 1. The second kappa shape index (κ2) is 11.0. The standard InChI is InChI=1S/C16H14N2O2.H3O3P/c17-10-13-6-8-14(9-7-13)11-18-16(19)20-12-15-4-2-1-3-5-15;1-4(2)3/h1-9H,11-12H2,(H,18,19);4H,(H2,1,2,3). The first-order valence-electron chi connectivity index (χ1n) is 6.86. The average molecular weight is 348 g/mol. The van der Waals surface area contributed by atoms with Gasteiger partial charge in [-0.3, -0.25) is 4.57 Å². The third-order valence-electron chi connectivity index (χ3n) is 2.73. The van der Waals surface area contributed by atoms with E-state index >= 15 is 0 Å². The minimum atomic E-state index is -3.13. The van der Waals surface area contributed by atoms with Crippen LogP contribution in [0.2, 0.25) is 0 Å². The largest absolute Gasteiger partial charge is 0.445 e. The van der Waals surface area contributed by atoms with Gasteiger partial charge in [0, 0.05) is 6.54 Å². The summed E-state index contributed by atoms with van der Waals surface area (Å²) in [5.41, 5.74) is 2.46. The highest BCUT2D eigenvalue weighted by Gasteiger charge is 2.02. The summed E-state index contributed by atoms with van der Waals surface area (Å²) in [7, 11) is -3.13. The molecule has 0 aliphatic rings. The summed E-state index contributed by atoms with van der Waals surface area (Å²) in [6.45, 7) is 0.624. The van der Waals surface area contributed by atoms with E-state index in [1.165, 1.54) is 0 Å². The molecule has 2 aromatic carbocycles. The number of amides is 1. The molecule has 0 bridgehead atoms. The second-order valence-corrected chi connectivity index (χ2v) is 5.07. The maximum absolute atomic E-state index is 11.5. The van der Waals surface area contributed by atoms with Crippen molar-refractivity contribution in [3.05, 3.63) is 71.3 Å². The number of nitriles is 1. The zero-order valence-electron chi connectivity index (χ0n) is 12.7. The van der Waals surface area contributed by atoms with Gasteiger partial charge in [-0.15, -0.1) is 0 Å². The van der Waals surface area contributed by atoms with Gasteiger partial charge in [0.05, 0.1) is 11.6 Å². The molecule has 0 atom stereocenters. The second-order valence-electron chi connectivity index (χ2n) is 4.51. The molecule has 126 valence electrons. The van der Waals surface area contributed by atoms with Crippen LogP contribution < -0.4 is 5.32 Å². The van der Waals surface area contributed by atoms with Crippen LogP contribution in [-0.2, 0) is 22.5 Å². The SMILES string of the molecule is N#Cc1ccc(CNC(=O)OCc2ccccc2)cc1.O=[PH](O)O. The molecule has 1 amide bonds. The molecular formula is C16H17N2O5P. The molecule has 24 heavy (non-hydrogen) atoms. The maximum Gasteiger partial charge on any atom is 0.407 e. The molecule has 2 aromatic rings. The van der Waals surface area contributed by atoms with Gasteiger partial charge in [-0.25, -0.2) is 4.79 Å². The van der Waals surface area contributed by atoms with E-state index in [1.54, 1.807) is 24.3 Å². The van der Waals surface area contributed by atoms with Crippen LogP contribution in [0.25, 0.3) is 0 Å². The third-order valence-corrected chi connectivity index (χ3v) is 2.73. The third kappa shape index (κ3) is 8.71. The Morgan fingerprint density at radius 3 is 2.21 bits per heavy atom. The van der Waals surface area contributed by atoms with Gasteiger partial charge in [0.25, 0.3) is 0 Å². The molecule has 0 spiro atoms. The van der Waals surface area contributed by atoms with Crippen molar-refractivity contribution in [2.45, 2.75) is 13.2 Å². The van der Waals surface area contributed by atoms with Crippen molar-refractivity contribution in [1.82, 2.24) is 5.32 Å². The van der Waals surface area contributed by atoms with Gasteiger partial charge in [0.2, 0.25) is 0 Å². The molecule has 0 aromatic heterocycles. The van der Waals surface area contributed by atoms with Crippen LogP contribution in [0.5, 0.6) is 0 Å². The summed E-state index contributed by atoms with van der Waals surface area (Å²) >= 11 is 0. The maximum atomic E-state index is 11.5. The summed E-state index contributed by atoms with van der Waals surface area (Å²) < 4.78 is 13.8. The molecule has 0 saturated heterocycles. The molecule has 0 heterocycles. The van der Waals surface area contributed by atoms with Crippen molar-refractivity contribution in [3.63, 3.8) is 0 Å². The van der Waals surface area contributed by atoms with Crippen molar-refractivity contribution in [1.29, 1.82) is 5.26 Å². The fourth-order valence-corrected chi connectivity index (χ4v) is 1.65. The molecule has 7 nitrogen and oxygen atoms in total. The highest BCUT2D eigenvalue weighted by atomic mass is 31.1. The lowest BCUT2D eigenvalue weighted by molar-refractivity contribution is 0.139. The van der Waals surface area contributed by atoms with Crippen LogP contribution in [0.1, 0.15) is 16.7 Å². The van der Waals surface area contributed by atoms with Gasteiger partial charge in [0.15, 0.2) is 0 Å². The Bertz CT molecular complexity index is 695. The van der Waals surface area contributed by atoms with Gasteiger partial charge < -0.3 is 19.8 Å². The van der Waals surface area contributed by atoms with Crippen LogP contribution in [0.4, 0.5) is 4.79 Å². The normalized spacial score (nSPS) is 9.42. The molecule has 8 heteroatoms. The first-order chi connectivity index (χ1) is 11.5. The summed E-state index contributed by atoms with van der Waals surface area (Å²) in [4.78, 5) is 25.8. The fourth-order valence-electron chi connectivity index (χ4n) is 1.65. The van der Waals surface area contributed by atoms with Crippen LogP contribution in [0, 0.1) is 11.3 Å². The van der Waals surface area contributed by atoms with Crippen molar-refractivity contribution in [2.75, 3.05) is 0 Å². The number of carbonyl (C=O) groups excluding carboxylic acids is 1. The Kier molecular flexibility index (Phi) is 8.87. The molecule has 0 aliphatic carbocycles. The van der Waals surface area contributed by atoms with Gasteiger partial charge in [0.1, 0.15) is 6.61 Å². The van der Waals surface area contributed by atoms with E-state index in [9.17, 15) is 4.79 Å². The van der Waals surface area contributed by atoms with Crippen molar-refractivity contribution >= 4 is 14.3 Å². The van der Waals surface area contributed by atoms with Gasteiger partial charge in [-0.05, 0) is 23.3 Å². The number of nitrogens with one attached hydrogen (secondary N) is 1. The minimum Gasteiger partial charge on any atom is -0.445 e. The number of benzene rings is 2. The number of alkyl carbamates (subject to hydrolysis) is 1. The lowest BCUT2D eigenvalue weighted by Gasteiger charge is -2.07. The molecule has 2 rings (SSSR count). The highest BCUT2D eigenvalue weighted by Crippen LogP contribution is 2.04. The zero-order chi connectivity index (χ0) is 17.8. The van der Waals surface area contributed by atoms with E-state index in [0.29, 0.717) is 12.1 Å². The number of hydrogen-bond acceptors (Lipinski definition) is 4. The summed E-state index contributed by atoms with van der Waals surface area (Å²) in [5.74, 6) is 0. The topological polar surface area (TPSA) is 120 Å². The molecule has 0 fully saturated rings. The number of rotatable bonds is 4. The van der Waals surface area contributed by atoms with E-state index in [-0.39, 0.29) is 6.61 Å². The van der Waals surface area contributed by atoms with E-state index < -0.39 is 14.3 Å². The van der Waals surface area contributed by atoms with Crippen LogP contribution in [-0.4, -0.2) is 15.9 Å². The first kappa shape index (κ1) is 19.4. The Morgan fingerprint density at radius 1 is 1.08 bits per heavy atom. The Hall–Kier alpha value is -2.65. The lowest BCUT2D eigenvalue weighted by Crippen LogP contribution is -2.23. The van der Waals surface area contributed by atoms with Crippen molar-refractivity contribution in [3.8, 4) is 6.07 Å². The van der Waals surface area contributed by atoms with E-state index in [4.69, 9.17) is 24.4 Å². The Balaban J connectivity index is 0.000000648. The molecular weight excluding hydrogens is 331 g/mol. The van der Waals surface area contributed by atoms with Crippen molar-refractivity contribution < 1.29 is 23.9 Å². The van der Waals surface area contributed by atoms with Crippen LogP contribution >= 0.6 is 8.25 Å². The predicted molar refractivity (Wildman–Crippen MR) is 88.1 cm³/mol. The number of hydrogen-bond donors (Lipinski definition) is 3. The fraction of sp³-hybridized carbons (Fsp3) is 0.125. The molecule has 3 N–H and O–H groups in total. The van der Waals surface area contributed by atoms with E-state index in [1.807, 2.05) is 36.4 Å². The first-order valence-corrected chi connectivity index (χ1v) is 8.17. The Labute approximate surface area is 140 Å². The smallest absolute Gasteiger partial charge is 0.407 e. The molecule has 0 radical (unpaired) electrons. The van der Waals surface area contributed by atoms with Gasteiger partial charge in [-0.2, -0.15) is 5.26 Å². The summed E-state index contributed by atoms with van der Waals surface area (Å²) in [5, 5.41) is 11.3. The Morgan fingerprint density at radius 2 is 1.67 bits per heavy atom. The average Bonchev–Trinajstić information content (AvgIpc) is 2.59. The number of nitrogens with zero attached hydrogens (tertiary/aromatic N) is 1. The lowest BCUT2D eigenvalue weighted by atomic mass is 10.1. The van der Waals surface area contributed by atoms with E-state index in [0.717, 1.165) is 11.1 Å². The monoisotopic (exact) mass is 348 g/mol. The number of ether oxygens (including phenoxy) is 1. The van der Waals surface area contributed by atoms with Crippen LogP contribution in [0.15, 0.2) is 54.6 Å². The molecule has 0 unspecified atom stereocenters. The van der Waals surface area contributed by atoms with Crippen LogP contribution in [0.3, 0.4) is 0 Å². The highest BCUT2D eigenvalue weighted by molar-refractivity contribution is 7.30. The van der Waals surface area contributed by atoms with Gasteiger partial charge in [-0.1, -0.05) is 42.5 Å². The van der Waals surface area contributed by atoms with E-state index in [2.05, 4.69) is 5.32 Å². The summed E-state index contributed by atoms with van der Waals surface area (Å²) in [6.07, 6.45) is -0.460. The zero-order valence-corrected chi connectivity index (χ0v) is 13.7. The molecule has 0 saturated carbocycles. The van der Waals surface area contributed by atoms with Gasteiger partial charge >= 0.3 is 14.3 Å². The minimum absolute atomic E-state index is 0.250. The van der Waals surface area contributed by atoms with Crippen molar-refractivity contribution in [2.24, 2.45) is 0 Å². The molecule has 0 aliphatic heterocycles.